The topological polar surface area (TPSA) is 47.3 Å². The number of nitrogens with two attached hydrogens (primary N) is 1. The molecule has 0 aromatic heterocycles. The predicted octanol–water partition coefficient (Wildman–Crippen LogP) is 0.348. The standard InChI is InChI=1S/C10H20N2O/c1-10(2)8(12-5-4-11)7-3-6-13-9(7)10/h7-9,12H,3-6,11H2,1-2H3. The van der Waals surface area contributed by atoms with Gasteiger partial charge in [0.2, 0.25) is 0 Å². The number of rotatable bonds is 3. The van der Waals surface area contributed by atoms with E-state index in [4.69, 9.17) is 10.5 Å². The van der Waals surface area contributed by atoms with Gasteiger partial charge in [0, 0.05) is 37.1 Å². The van der Waals surface area contributed by atoms with Crippen molar-refractivity contribution in [2.45, 2.75) is 32.4 Å². The predicted molar refractivity (Wildman–Crippen MR) is 52.5 cm³/mol. The van der Waals surface area contributed by atoms with Crippen LogP contribution in [-0.2, 0) is 4.74 Å². The van der Waals surface area contributed by atoms with E-state index in [1.807, 2.05) is 0 Å². The normalized spacial score (nSPS) is 41.3. The third-order valence-electron chi connectivity index (χ3n) is 3.61. The Kier molecular flexibility index (Phi) is 2.34. The molecule has 2 rings (SSSR count). The van der Waals surface area contributed by atoms with Crippen LogP contribution in [0.1, 0.15) is 20.3 Å². The van der Waals surface area contributed by atoms with Crippen LogP contribution >= 0.6 is 0 Å². The zero-order valence-corrected chi connectivity index (χ0v) is 8.55. The van der Waals surface area contributed by atoms with Crippen molar-refractivity contribution in [1.29, 1.82) is 0 Å². The largest absolute Gasteiger partial charge is 0.377 e. The first-order chi connectivity index (χ1) is 6.18. The van der Waals surface area contributed by atoms with Crippen molar-refractivity contribution < 1.29 is 4.74 Å². The third kappa shape index (κ3) is 1.30. The molecule has 0 aromatic rings. The molecule has 3 atom stereocenters. The lowest BCUT2D eigenvalue weighted by molar-refractivity contribution is -0.112. The van der Waals surface area contributed by atoms with Crippen molar-refractivity contribution in [1.82, 2.24) is 5.32 Å². The molecular formula is C10H20N2O. The summed E-state index contributed by atoms with van der Waals surface area (Å²) >= 11 is 0. The fraction of sp³-hybridized carbons (Fsp3) is 1.00. The SMILES string of the molecule is CC1(C)C(NCCN)C2CCOC21. The van der Waals surface area contributed by atoms with Gasteiger partial charge in [-0.3, -0.25) is 0 Å². The Bertz CT molecular complexity index is 193. The highest BCUT2D eigenvalue weighted by molar-refractivity contribution is 5.11. The maximum Gasteiger partial charge on any atom is 0.0685 e. The molecule has 3 N–H and O–H groups in total. The molecule has 3 nitrogen and oxygen atoms in total. The first-order valence-electron chi connectivity index (χ1n) is 5.23. The summed E-state index contributed by atoms with van der Waals surface area (Å²) in [6.45, 7) is 7.17. The molecule has 1 aliphatic carbocycles. The van der Waals surface area contributed by atoms with E-state index in [2.05, 4.69) is 19.2 Å². The quantitative estimate of drug-likeness (QED) is 0.665. The van der Waals surface area contributed by atoms with Crippen LogP contribution in [0.15, 0.2) is 0 Å². The summed E-state index contributed by atoms with van der Waals surface area (Å²) in [6.07, 6.45) is 1.71. The van der Waals surface area contributed by atoms with Crippen molar-refractivity contribution in [3.05, 3.63) is 0 Å². The third-order valence-corrected chi connectivity index (χ3v) is 3.61. The van der Waals surface area contributed by atoms with Crippen molar-refractivity contribution in [2.24, 2.45) is 17.1 Å². The average Bonchev–Trinajstić information content (AvgIpc) is 2.51. The molecule has 1 saturated heterocycles. The van der Waals surface area contributed by atoms with Gasteiger partial charge in [0.1, 0.15) is 0 Å². The zero-order valence-electron chi connectivity index (χ0n) is 8.55. The smallest absolute Gasteiger partial charge is 0.0685 e. The molecule has 0 bridgehead atoms. The maximum absolute atomic E-state index is 5.71. The van der Waals surface area contributed by atoms with Crippen LogP contribution in [0.5, 0.6) is 0 Å². The monoisotopic (exact) mass is 184 g/mol. The van der Waals surface area contributed by atoms with Crippen LogP contribution in [0.4, 0.5) is 0 Å². The van der Waals surface area contributed by atoms with Gasteiger partial charge < -0.3 is 15.8 Å². The Hall–Kier alpha value is -0.120. The van der Waals surface area contributed by atoms with E-state index in [0.717, 1.165) is 25.6 Å². The van der Waals surface area contributed by atoms with E-state index < -0.39 is 0 Å². The van der Waals surface area contributed by atoms with Gasteiger partial charge in [0.25, 0.3) is 0 Å². The highest BCUT2D eigenvalue weighted by Crippen LogP contribution is 2.51. The molecule has 3 heteroatoms. The van der Waals surface area contributed by atoms with Gasteiger partial charge in [0.05, 0.1) is 6.10 Å². The summed E-state index contributed by atoms with van der Waals surface area (Å²) in [6, 6.07) is 0.614. The van der Waals surface area contributed by atoms with E-state index in [1.165, 1.54) is 6.42 Å². The second-order valence-electron chi connectivity index (χ2n) is 4.79. The summed E-state index contributed by atoms with van der Waals surface area (Å²) in [7, 11) is 0. The molecule has 1 aliphatic heterocycles. The number of hydrogen-bond donors (Lipinski definition) is 2. The summed E-state index contributed by atoms with van der Waals surface area (Å²) in [5.74, 6) is 0.738. The molecule has 76 valence electrons. The van der Waals surface area contributed by atoms with E-state index in [1.54, 1.807) is 0 Å². The van der Waals surface area contributed by atoms with Gasteiger partial charge in [-0.1, -0.05) is 13.8 Å². The van der Waals surface area contributed by atoms with Crippen molar-refractivity contribution in [3.63, 3.8) is 0 Å². The molecule has 1 heterocycles. The van der Waals surface area contributed by atoms with E-state index in [0.29, 0.717) is 17.6 Å². The van der Waals surface area contributed by atoms with Crippen LogP contribution < -0.4 is 11.1 Å². The van der Waals surface area contributed by atoms with Crippen LogP contribution in [0.3, 0.4) is 0 Å². The molecule has 13 heavy (non-hydrogen) atoms. The summed E-state index contributed by atoms with van der Waals surface area (Å²) in [5.41, 5.74) is 5.79. The molecule has 0 spiro atoms. The molecule has 0 radical (unpaired) electrons. The van der Waals surface area contributed by atoms with Crippen LogP contribution in [0, 0.1) is 11.3 Å². The fourth-order valence-electron chi connectivity index (χ4n) is 2.98. The number of ether oxygens (including phenoxy) is 1. The molecule has 3 unspecified atom stereocenters. The minimum absolute atomic E-state index is 0.302. The van der Waals surface area contributed by atoms with Gasteiger partial charge in [-0.15, -0.1) is 0 Å². The summed E-state index contributed by atoms with van der Waals surface area (Å²) in [4.78, 5) is 0. The highest BCUT2D eigenvalue weighted by Gasteiger charge is 2.58. The summed E-state index contributed by atoms with van der Waals surface area (Å²) in [5, 5.41) is 3.53. The first kappa shape index (κ1) is 9.44. The lowest BCUT2D eigenvalue weighted by Gasteiger charge is -2.55. The molecule has 1 saturated carbocycles. The number of nitrogens with one attached hydrogen (secondary N) is 1. The lowest BCUT2D eigenvalue weighted by atomic mass is 9.57. The zero-order chi connectivity index (χ0) is 9.47. The Morgan fingerprint density at radius 3 is 3.00 bits per heavy atom. The molecule has 2 fully saturated rings. The maximum atomic E-state index is 5.71. The fourth-order valence-corrected chi connectivity index (χ4v) is 2.98. The van der Waals surface area contributed by atoms with Gasteiger partial charge >= 0.3 is 0 Å². The van der Waals surface area contributed by atoms with Gasteiger partial charge in [0.15, 0.2) is 0 Å². The molecule has 0 amide bonds. The Labute approximate surface area is 80.0 Å². The molecular weight excluding hydrogens is 164 g/mol. The highest BCUT2D eigenvalue weighted by atomic mass is 16.5. The molecule has 0 aromatic carbocycles. The number of fused-ring (bicyclic) bond motifs is 1. The molecule has 2 aliphatic rings. The first-order valence-corrected chi connectivity index (χ1v) is 5.23. The van der Waals surface area contributed by atoms with Crippen LogP contribution in [0.25, 0.3) is 0 Å². The van der Waals surface area contributed by atoms with Crippen molar-refractivity contribution in [3.8, 4) is 0 Å². The van der Waals surface area contributed by atoms with Gasteiger partial charge in [-0.25, -0.2) is 0 Å². The van der Waals surface area contributed by atoms with E-state index >= 15 is 0 Å². The van der Waals surface area contributed by atoms with Crippen molar-refractivity contribution >= 4 is 0 Å². The Morgan fingerprint density at radius 2 is 2.31 bits per heavy atom. The van der Waals surface area contributed by atoms with Crippen molar-refractivity contribution in [2.75, 3.05) is 19.7 Å². The van der Waals surface area contributed by atoms with Gasteiger partial charge in [-0.2, -0.15) is 0 Å². The van der Waals surface area contributed by atoms with Crippen LogP contribution in [0.2, 0.25) is 0 Å². The number of hydrogen-bond acceptors (Lipinski definition) is 3. The minimum atomic E-state index is 0.302. The van der Waals surface area contributed by atoms with E-state index in [-0.39, 0.29) is 0 Å². The van der Waals surface area contributed by atoms with Gasteiger partial charge in [-0.05, 0) is 6.42 Å². The lowest BCUT2D eigenvalue weighted by Crippen LogP contribution is -2.66. The minimum Gasteiger partial charge on any atom is -0.377 e. The van der Waals surface area contributed by atoms with E-state index in [9.17, 15) is 0 Å². The Balaban J connectivity index is 1.95. The second-order valence-corrected chi connectivity index (χ2v) is 4.79. The van der Waals surface area contributed by atoms with Crippen LogP contribution in [-0.4, -0.2) is 31.8 Å². The second kappa shape index (κ2) is 3.23. The summed E-state index contributed by atoms with van der Waals surface area (Å²) < 4.78 is 5.71. The Morgan fingerprint density at radius 1 is 1.54 bits per heavy atom. The average molecular weight is 184 g/mol.